The van der Waals surface area contributed by atoms with Gasteiger partial charge in [0.15, 0.2) is 0 Å². The van der Waals surface area contributed by atoms with Gasteiger partial charge in [-0.05, 0) is 31.1 Å². The van der Waals surface area contributed by atoms with Gasteiger partial charge in [-0.1, -0.05) is 40.0 Å². The van der Waals surface area contributed by atoms with E-state index in [4.69, 9.17) is 5.73 Å². The first-order chi connectivity index (χ1) is 9.11. The molecule has 0 spiro atoms. The van der Waals surface area contributed by atoms with Crippen molar-refractivity contribution >= 4 is 0 Å². The maximum Gasteiger partial charge on any atom is 0.0951 e. The lowest BCUT2D eigenvalue weighted by atomic mass is 9.84. The molecule has 2 rings (SSSR count). The van der Waals surface area contributed by atoms with E-state index in [0.29, 0.717) is 12.0 Å². The van der Waals surface area contributed by atoms with Crippen molar-refractivity contribution in [2.45, 2.75) is 71.4 Å². The molecule has 1 aromatic heterocycles. The Balaban J connectivity index is 2.10. The first-order valence-electron chi connectivity index (χ1n) is 7.89. The molecule has 0 amide bonds. The molecule has 1 aromatic rings. The number of rotatable bonds is 5. The van der Waals surface area contributed by atoms with E-state index >= 15 is 0 Å². The SMILES string of the molecule is CCC1CCCC(n2cncc2C(N)CC(C)C)C1. The van der Waals surface area contributed by atoms with E-state index in [-0.39, 0.29) is 6.04 Å². The molecule has 3 heteroatoms. The van der Waals surface area contributed by atoms with E-state index in [0.717, 1.165) is 12.3 Å². The van der Waals surface area contributed by atoms with Crippen LogP contribution < -0.4 is 5.73 Å². The lowest BCUT2D eigenvalue weighted by Crippen LogP contribution is -2.23. The number of aromatic nitrogens is 2. The van der Waals surface area contributed by atoms with Gasteiger partial charge >= 0.3 is 0 Å². The molecule has 3 unspecified atom stereocenters. The van der Waals surface area contributed by atoms with Crippen LogP contribution in [0.3, 0.4) is 0 Å². The molecule has 2 N–H and O–H groups in total. The van der Waals surface area contributed by atoms with Crippen LogP contribution in [-0.4, -0.2) is 9.55 Å². The minimum atomic E-state index is 0.129. The summed E-state index contributed by atoms with van der Waals surface area (Å²) in [5.41, 5.74) is 7.59. The second kappa shape index (κ2) is 6.56. The molecule has 3 atom stereocenters. The Kier molecular flexibility index (Phi) is 5.03. The maximum absolute atomic E-state index is 6.35. The average molecular weight is 263 g/mol. The zero-order valence-corrected chi connectivity index (χ0v) is 12.7. The van der Waals surface area contributed by atoms with Crippen molar-refractivity contribution in [3.05, 3.63) is 18.2 Å². The summed E-state index contributed by atoms with van der Waals surface area (Å²) in [5.74, 6) is 1.52. The molecule has 0 aromatic carbocycles. The van der Waals surface area contributed by atoms with Gasteiger partial charge in [0, 0.05) is 18.3 Å². The Morgan fingerprint density at radius 3 is 2.89 bits per heavy atom. The predicted octanol–water partition coefficient (Wildman–Crippen LogP) is 4.07. The number of imidazole rings is 1. The van der Waals surface area contributed by atoms with Crippen LogP contribution in [0.1, 0.15) is 77.1 Å². The fourth-order valence-corrected chi connectivity index (χ4v) is 3.42. The molecular weight excluding hydrogens is 234 g/mol. The van der Waals surface area contributed by atoms with Crippen molar-refractivity contribution in [1.82, 2.24) is 9.55 Å². The molecule has 19 heavy (non-hydrogen) atoms. The Hall–Kier alpha value is -0.830. The van der Waals surface area contributed by atoms with Crippen LogP contribution in [0.5, 0.6) is 0 Å². The van der Waals surface area contributed by atoms with Crippen LogP contribution in [0.15, 0.2) is 12.5 Å². The average Bonchev–Trinajstić information content (AvgIpc) is 2.87. The number of hydrogen-bond acceptors (Lipinski definition) is 2. The summed E-state index contributed by atoms with van der Waals surface area (Å²) in [6, 6.07) is 0.749. The highest BCUT2D eigenvalue weighted by Gasteiger charge is 2.25. The molecular formula is C16H29N3. The summed E-state index contributed by atoms with van der Waals surface area (Å²) < 4.78 is 2.37. The summed E-state index contributed by atoms with van der Waals surface area (Å²) in [4.78, 5) is 4.36. The highest BCUT2D eigenvalue weighted by Crippen LogP contribution is 2.35. The largest absolute Gasteiger partial charge is 0.330 e. The zero-order chi connectivity index (χ0) is 13.8. The first kappa shape index (κ1) is 14.6. The van der Waals surface area contributed by atoms with Crippen molar-refractivity contribution in [3.8, 4) is 0 Å². The molecule has 1 saturated carbocycles. The van der Waals surface area contributed by atoms with Crippen molar-refractivity contribution in [2.75, 3.05) is 0 Å². The molecule has 0 radical (unpaired) electrons. The van der Waals surface area contributed by atoms with Crippen LogP contribution in [0.2, 0.25) is 0 Å². The molecule has 0 saturated heterocycles. The standard InChI is InChI=1S/C16H29N3/c1-4-13-6-5-7-14(9-13)19-11-18-10-16(19)15(17)8-12(2)3/h10-15H,4-9,17H2,1-3H3. The predicted molar refractivity (Wildman–Crippen MR) is 79.9 cm³/mol. The Bertz CT molecular complexity index is 383. The van der Waals surface area contributed by atoms with Crippen LogP contribution >= 0.6 is 0 Å². The normalized spacial score (nSPS) is 25.7. The highest BCUT2D eigenvalue weighted by molar-refractivity contribution is 5.07. The molecule has 0 aliphatic heterocycles. The van der Waals surface area contributed by atoms with Crippen molar-refractivity contribution in [1.29, 1.82) is 0 Å². The lowest BCUT2D eigenvalue weighted by molar-refractivity contribution is 0.255. The van der Waals surface area contributed by atoms with E-state index in [1.165, 1.54) is 37.8 Å². The first-order valence-corrected chi connectivity index (χ1v) is 7.89. The maximum atomic E-state index is 6.35. The number of hydrogen-bond donors (Lipinski definition) is 1. The Labute approximate surface area is 117 Å². The van der Waals surface area contributed by atoms with Crippen molar-refractivity contribution in [2.24, 2.45) is 17.6 Å². The van der Waals surface area contributed by atoms with Gasteiger partial charge in [-0.25, -0.2) is 4.98 Å². The van der Waals surface area contributed by atoms with E-state index in [2.05, 4.69) is 30.3 Å². The van der Waals surface area contributed by atoms with Gasteiger partial charge in [0.05, 0.1) is 12.0 Å². The van der Waals surface area contributed by atoms with Gasteiger partial charge in [0.25, 0.3) is 0 Å². The quantitative estimate of drug-likeness (QED) is 0.870. The third-order valence-electron chi connectivity index (χ3n) is 4.53. The second-order valence-electron chi connectivity index (χ2n) is 6.56. The van der Waals surface area contributed by atoms with E-state index < -0.39 is 0 Å². The van der Waals surface area contributed by atoms with Crippen molar-refractivity contribution in [3.63, 3.8) is 0 Å². The summed E-state index contributed by atoms with van der Waals surface area (Å²) in [7, 11) is 0. The molecule has 1 aliphatic rings. The molecule has 108 valence electrons. The highest BCUT2D eigenvalue weighted by atomic mass is 15.1. The van der Waals surface area contributed by atoms with Gasteiger partial charge in [0.2, 0.25) is 0 Å². The lowest BCUT2D eigenvalue weighted by Gasteiger charge is -2.31. The third-order valence-corrected chi connectivity index (χ3v) is 4.53. The van der Waals surface area contributed by atoms with Gasteiger partial charge in [-0.3, -0.25) is 0 Å². The molecule has 3 nitrogen and oxygen atoms in total. The van der Waals surface area contributed by atoms with Gasteiger partial charge < -0.3 is 10.3 Å². The molecule has 1 heterocycles. The number of nitrogens with two attached hydrogens (primary N) is 1. The fraction of sp³-hybridized carbons (Fsp3) is 0.812. The second-order valence-corrected chi connectivity index (χ2v) is 6.56. The summed E-state index contributed by atoms with van der Waals surface area (Å²) >= 11 is 0. The van der Waals surface area contributed by atoms with Gasteiger partial charge in [-0.2, -0.15) is 0 Å². The zero-order valence-electron chi connectivity index (χ0n) is 12.7. The molecule has 1 fully saturated rings. The Morgan fingerprint density at radius 1 is 1.42 bits per heavy atom. The Morgan fingerprint density at radius 2 is 2.21 bits per heavy atom. The van der Waals surface area contributed by atoms with Crippen molar-refractivity contribution < 1.29 is 0 Å². The summed E-state index contributed by atoms with van der Waals surface area (Å²) in [6.45, 7) is 6.77. The van der Waals surface area contributed by atoms with E-state index in [9.17, 15) is 0 Å². The van der Waals surface area contributed by atoms with Crippen LogP contribution in [0, 0.1) is 11.8 Å². The van der Waals surface area contributed by atoms with Gasteiger partial charge in [0.1, 0.15) is 0 Å². The third kappa shape index (κ3) is 3.59. The minimum Gasteiger partial charge on any atom is -0.330 e. The monoisotopic (exact) mass is 263 g/mol. The van der Waals surface area contributed by atoms with Crippen LogP contribution in [0.4, 0.5) is 0 Å². The summed E-state index contributed by atoms with van der Waals surface area (Å²) in [5, 5.41) is 0. The fourth-order valence-electron chi connectivity index (χ4n) is 3.42. The minimum absolute atomic E-state index is 0.129. The topological polar surface area (TPSA) is 43.8 Å². The van der Waals surface area contributed by atoms with E-state index in [1.807, 2.05) is 12.5 Å². The number of nitrogens with zero attached hydrogens (tertiary/aromatic N) is 2. The van der Waals surface area contributed by atoms with Crippen LogP contribution in [-0.2, 0) is 0 Å². The van der Waals surface area contributed by atoms with Gasteiger partial charge in [-0.15, -0.1) is 0 Å². The smallest absolute Gasteiger partial charge is 0.0951 e. The molecule has 1 aliphatic carbocycles. The molecule has 0 bridgehead atoms. The summed E-state index contributed by atoms with van der Waals surface area (Å²) in [6.07, 6.45) is 11.6. The van der Waals surface area contributed by atoms with Crippen LogP contribution in [0.25, 0.3) is 0 Å². The van der Waals surface area contributed by atoms with E-state index in [1.54, 1.807) is 0 Å².